The molecular formula is C11H12F4N2O3. The second-order valence-corrected chi connectivity index (χ2v) is 3.86. The van der Waals surface area contributed by atoms with E-state index >= 15 is 0 Å². The fourth-order valence-corrected chi connectivity index (χ4v) is 1.27. The highest BCUT2D eigenvalue weighted by Crippen LogP contribution is 2.32. The van der Waals surface area contributed by atoms with E-state index in [9.17, 15) is 22.4 Å². The van der Waals surface area contributed by atoms with Gasteiger partial charge in [0, 0.05) is 12.2 Å². The summed E-state index contributed by atoms with van der Waals surface area (Å²) in [6, 6.07) is 1.11. The zero-order valence-corrected chi connectivity index (χ0v) is 10.0. The molecule has 5 nitrogen and oxygen atoms in total. The Morgan fingerprint density at radius 1 is 1.35 bits per heavy atom. The van der Waals surface area contributed by atoms with E-state index in [-0.39, 0.29) is 12.2 Å². The van der Waals surface area contributed by atoms with Crippen molar-refractivity contribution < 1.29 is 32.6 Å². The van der Waals surface area contributed by atoms with Crippen LogP contribution >= 0.6 is 0 Å². The maximum Gasteiger partial charge on any atom is 0.419 e. The highest BCUT2D eigenvalue weighted by Gasteiger charge is 2.34. The summed E-state index contributed by atoms with van der Waals surface area (Å²) in [4.78, 5) is 11.3. The van der Waals surface area contributed by atoms with Crippen LogP contribution in [0.2, 0.25) is 0 Å². The quantitative estimate of drug-likeness (QED) is 0.633. The molecule has 0 aromatic heterocycles. The van der Waals surface area contributed by atoms with Crippen LogP contribution in [0.3, 0.4) is 0 Å². The van der Waals surface area contributed by atoms with E-state index in [0.29, 0.717) is 12.1 Å². The molecule has 0 radical (unpaired) electrons. The molecule has 1 atom stereocenters. The lowest BCUT2D eigenvalue weighted by Gasteiger charge is -2.12. The second kappa shape index (κ2) is 6.53. The maximum atomic E-state index is 13.0. The van der Waals surface area contributed by atoms with Crippen LogP contribution in [0.4, 0.5) is 28.0 Å². The average molecular weight is 296 g/mol. The van der Waals surface area contributed by atoms with Gasteiger partial charge in [-0.05, 0) is 18.2 Å². The van der Waals surface area contributed by atoms with Gasteiger partial charge in [-0.3, -0.25) is 0 Å². The lowest BCUT2D eigenvalue weighted by Crippen LogP contribution is -2.36. The van der Waals surface area contributed by atoms with Crippen LogP contribution in [0.5, 0.6) is 0 Å². The van der Waals surface area contributed by atoms with E-state index < -0.39 is 36.3 Å². The smallest absolute Gasteiger partial charge is 0.394 e. The van der Waals surface area contributed by atoms with Gasteiger partial charge in [0.05, 0.1) is 18.3 Å². The monoisotopic (exact) mass is 296 g/mol. The van der Waals surface area contributed by atoms with Gasteiger partial charge >= 0.3 is 12.2 Å². The van der Waals surface area contributed by atoms with Crippen LogP contribution in [0, 0.1) is 5.82 Å². The summed E-state index contributed by atoms with van der Waals surface area (Å²) in [5, 5.41) is 21.6. The molecule has 0 aliphatic rings. The van der Waals surface area contributed by atoms with Crippen LogP contribution in [-0.2, 0) is 6.18 Å². The van der Waals surface area contributed by atoms with E-state index in [1.807, 2.05) is 0 Å². The molecule has 9 heteroatoms. The van der Waals surface area contributed by atoms with E-state index in [1.54, 1.807) is 0 Å². The van der Waals surface area contributed by atoms with Crippen molar-refractivity contribution in [2.75, 3.05) is 18.5 Å². The third kappa shape index (κ3) is 4.67. The van der Waals surface area contributed by atoms with Crippen molar-refractivity contribution in [3.63, 3.8) is 0 Å². The number of carbonyl (C=O) groups is 1. The Kier molecular flexibility index (Phi) is 5.28. The minimum absolute atomic E-state index is 0.255. The molecule has 0 saturated carbocycles. The first-order valence-electron chi connectivity index (χ1n) is 5.44. The van der Waals surface area contributed by atoms with Gasteiger partial charge in [0.25, 0.3) is 0 Å². The average Bonchev–Trinajstić information content (AvgIpc) is 2.37. The number of aliphatic hydroxyl groups excluding tert-OH is 2. The highest BCUT2D eigenvalue weighted by molar-refractivity contribution is 5.89. The van der Waals surface area contributed by atoms with Gasteiger partial charge in [0.15, 0.2) is 0 Å². The number of halogens is 4. The molecule has 0 fully saturated rings. The standard InChI is InChI=1S/C11H12F4N2O3/c12-9-2-1-6(3-8(9)11(13,14)15)17-10(20)16-4-7(19)5-18/h1-3,7,18-19H,4-5H2,(H2,16,17,20). The molecule has 112 valence electrons. The number of nitrogens with one attached hydrogen (secondary N) is 2. The Balaban J connectivity index is 2.71. The summed E-state index contributed by atoms with van der Waals surface area (Å²) in [6.45, 7) is -0.856. The summed E-state index contributed by atoms with van der Waals surface area (Å²) < 4.78 is 50.3. The summed E-state index contributed by atoms with van der Waals surface area (Å²) in [6.07, 6.45) is -6.05. The molecule has 0 aliphatic heterocycles. The maximum absolute atomic E-state index is 13.0. The number of hydrogen-bond donors (Lipinski definition) is 4. The molecule has 0 heterocycles. The fraction of sp³-hybridized carbons (Fsp3) is 0.364. The Hall–Kier alpha value is -1.87. The van der Waals surface area contributed by atoms with Gasteiger partial charge in [-0.1, -0.05) is 0 Å². The summed E-state index contributed by atoms with van der Waals surface area (Å²) in [5.74, 6) is -1.45. The molecule has 2 amide bonds. The molecule has 1 unspecified atom stereocenters. The lowest BCUT2D eigenvalue weighted by atomic mass is 10.2. The fourth-order valence-electron chi connectivity index (χ4n) is 1.27. The largest absolute Gasteiger partial charge is 0.419 e. The highest BCUT2D eigenvalue weighted by atomic mass is 19.4. The predicted molar refractivity (Wildman–Crippen MR) is 61.5 cm³/mol. The van der Waals surface area contributed by atoms with E-state index in [1.165, 1.54) is 0 Å². The minimum atomic E-state index is -4.87. The topological polar surface area (TPSA) is 81.6 Å². The number of alkyl halides is 3. The van der Waals surface area contributed by atoms with Crippen molar-refractivity contribution in [2.24, 2.45) is 0 Å². The molecule has 1 rings (SSSR count). The molecular weight excluding hydrogens is 284 g/mol. The first kappa shape index (κ1) is 16.2. The predicted octanol–water partition coefficient (Wildman–Crippen LogP) is 1.32. The van der Waals surface area contributed by atoms with E-state index in [4.69, 9.17) is 10.2 Å². The number of carbonyl (C=O) groups excluding carboxylic acids is 1. The van der Waals surface area contributed by atoms with E-state index in [0.717, 1.165) is 6.07 Å². The number of anilines is 1. The second-order valence-electron chi connectivity index (χ2n) is 3.86. The van der Waals surface area contributed by atoms with Crippen molar-refractivity contribution in [1.82, 2.24) is 5.32 Å². The van der Waals surface area contributed by atoms with Gasteiger partial charge in [0.2, 0.25) is 0 Å². The Morgan fingerprint density at radius 3 is 2.55 bits per heavy atom. The molecule has 0 saturated heterocycles. The Labute approximate surface area is 111 Å². The van der Waals surface area contributed by atoms with Crippen LogP contribution in [-0.4, -0.2) is 35.5 Å². The molecule has 0 spiro atoms. The molecule has 4 N–H and O–H groups in total. The number of aliphatic hydroxyl groups is 2. The third-order valence-electron chi connectivity index (χ3n) is 2.24. The summed E-state index contributed by atoms with van der Waals surface area (Å²) in [7, 11) is 0. The lowest BCUT2D eigenvalue weighted by molar-refractivity contribution is -0.139. The van der Waals surface area contributed by atoms with Crippen molar-refractivity contribution in [3.05, 3.63) is 29.6 Å². The molecule has 0 aliphatic carbocycles. The van der Waals surface area contributed by atoms with Crippen LogP contribution < -0.4 is 10.6 Å². The third-order valence-corrected chi connectivity index (χ3v) is 2.24. The van der Waals surface area contributed by atoms with Gasteiger partial charge in [0.1, 0.15) is 5.82 Å². The van der Waals surface area contributed by atoms with Crippen LogP contribution in [0.25, 0.3) is 0 Å². The minimum Gasteiger partial charge on any atom is -0.394 e. The molecule has 1 aromatic carbocycles. The van der Waals surface area contributed by atoms with Crippen molar-refractivity contribution in [1.29, 1.82) is 0 Å². The first-order valence-corrected chi connectivity index (χ1v) is 5.44. The zero-order valence-electron chi connectivity index (χ0n) is 10.0. The van der Waals surface area contributed by atoms with Crippen LogP contribution in [0.1, 0.15) is 5.56 Å². The molecule has 0 bridgehead atoms. The van der Waals surface area contributed by atoms with Gasteiger partial charge < -0.3 is 20.8 Å². The van der Waals surface area contributed by atoms with Crippen LogP contribution in [0.15, 0.2) is 18.2 Å². The Bertz CT molecular complexity index is 479. The molecule has 20 heavy (non-hydrogen) atoms. The van der Waals surface area contributed by atoms with Gasteiger partial charge in [-0.2, -0.15) is 13.2 Å². The van der Waals surface area contributed by atoms with E-state index in [2.05, 4.69) is 10.6 Å². The van der Waals surface area contributed by atoms with Crippen molar-refractivity contribution in [3.8, 4) is 0 Å². The number of urea groups is 1. The number of benzene rings is 1. The number of rotatable bonds is 4. The molecule has 1 aromatic rings. The van der Waals surface area contributed by atoms with Gasteiger partial charge in [-0.15, -0.1) is 0 Å². The first-order chi connectivity index (χ1) is 9.24. The van der Waals surface area contributed by atoms with Gasteiger partial charge in [-0.25, -0.2) is 9.18 Å². The van der Waals surface area contributed by atoms with Crippen molar-refractivity contribution in [2.45, 2.75) is 12.3 Å². The Morgan fingerprint density at radius 2 is 2.00 bits per heavy atom. The number of hydrogen-bond acceptors (Lipinski definition) is 3. The summed E-state index contributed by atoms with van der Waals surface area (Å²) >= 11 is 0. The number of amides is 2. The summed E-state index contributed by atoms with van der Waals surface area (Å²) in [5.41, 5.74) is -1.75. The SMILES string of the molecule is O=C(NCC(O)CO)Nc1ccc(F)c(C(F)(F)F)c1. The zero-order chi connectivity index (χ0) is 15.3. The normalized spacial score (nSPS) is 12.9. The van der Waals surface area contributed by atoms with Crippen molar-refractivity contribution >= 4 is 11.7 Å².